The summed E-state index contributed by atoms with van der Waals surface area (Å²) in [5, 5.41) is 2.91. The maximum absolute atomic E-state index is 12.4. The zero-order valence-corrected chi connectivity index (χ0v) is 12.9. The Kier molecular flexibility index (Phi) is 3.90. The molecule has 0 aliphatic heterocycles. The van der Waals surface area contributed by atoms with E-state index in [0.29, 0.717) is 11.3 Å². The van der Waals surface area contributed by atoms with Crippen LogP contribution in [-0.2, 0) is 4.79 Å². The summed E-state index contributed by atoms with van der Waals surface area (Å²) in [5.74, 6) is -0.176. The monoisotopic (exact) mass is 286 g/mol. The van der Waals surface area contributed by atoms with E-state index in [-0.39, 0.29) is 23.2 Å². The summed E-state index contributed by atoms with van der Waals surface area (Å²) >= 11 is 0. The van der Waals surface area contributed by atoms with Crippen molar-refractivity contribution in [2.45, 2.75) is 27.7 Å². The topological polar surface area (TPSA) is 72.2 Å². The molecule has 2 amide bonds. The van der Waals surface area contributed by atoms with Gasteiger partial charge in [0.15, 0.2) is 0 Å². The van der Waals surface area contributed by atoms with E-state index < -0.39 is 5.91 Å². The van der Waals surface area contributed by atoms with Crippen LogP contribution in [0, 0.1) is 17.3 Å². The Morgan fingerprint density at radius 3 is 2.24 bits per heavy atom. The molecule has 2 unspecified atom stereocenters. The molecule has 1 aliphatic carbocycles. The summed E-state index contributed by atoms with van der Waals surface area (Å²) < 4.78 is 0. The average molecular weight is 286 g/mol. The van der Waals surface area contributed by atoms with Gasteiger partial charge in [0, 0.05) is 11.3 Å². The van der Waals surface area contributed by atoms with E-state index in [4.69, 9.17) is 5.73 Å². The zero-order valence-electron chi connectivity index (χ0n) is 12.9. The third kappa shape index (κ3) is 3.15. The van der Waals surface area contributed by atoms with Crippen molar-refractivity contribution in [3.63, 3.8) is 0 Å². The SMILES string of the molecule is CC(C)=CC1C(C(=O)Nc2ccc(C(N)=O)cc2)C1(C)C. The molecule has 2 atom stereocenters. The number of anilines is 1. The van der Waals surface area contributed by atoms with Gasteiger partial charge >= 0.3 is 0 Å². The van der Waals surface area contributed by atoms with Crippen LogP contribution < -0.4 is 11.1 Å². The maximum Gasteiger partial charge on any atom is 0.248 e. The first-order chi connectivity index (χ1) is 9.73. The minimum absolute atomic E-state index is 0.00544. The van der Waals surface area contributed by atoms with E-state index in [0.717, 1.165) is 0 Å². The Hall–Kier alpha value is -2.10. The molecule has 0 spiro atoms. The van der Waals surface area contributed by atoms with Crippen LogP contribution in [0.25, 0.3) is 0 Å². The van der Waals surface area contributed by atoms with Gasteiger partial charge in [-0.15, -0.1) is 0 Å². The van der Waals surface area contributed by atoms with Crippen LogP contribution in [0.2, 0.25) is 0 Å². The summed E-state index contributed by atoms with van der Waals surface area (Å²) in [6, 6.07) is 6.62. The molecule has 4 nitrogen and oxygen atoms in total. The van der Waals surface area contributed by atoms with Crippen molar-refractivity contribution < 1.29 is 9.59 Å². The molecular formula is C17H22N2O2. The fourth-order valence-electron chi connectivity index (χ4n) is 2.79. The molecule has 0 bridgehead atoms. The predicted octanol–water partition coefficient (Wildman–Crippen LogP) is 2.96. The predicted molar refractivity (Wildman–Crippen MR) is 83.8 cm³/mol. The second-order valence-electron chi connectivity index (χ2n) is 6.50. The van der Waals surface area contributed by atoms with Crippen molar-refractivity contribution in [1.29, 1.82) is 0 Å². The summed E-state index contributed by atoms with van der Waals surface area (Å²) in [6.45, 7) is 8.31. The summed E-state index contributed by atoms with van der Waals surface area (Å²) in [7, 11) is 0. The normalized spacial score (nSPS) is 22.3. The molecule has 0 heterocycles. The van der Waals surface area contributed by atoms with Crippen molar-refractivity contribution in [2.24, 2.45) is 23.0 Å². The average Bonchev–Trinajstić information content (AvgIpc) is 2.90. The van der Waals surface area contributed by atoms with E-state index in [1.165, 1.54) is 5.57 Å². The smallest absolute Gasteiger partial charge is 0.248 e. The van der Waals surface area contributed by atoms with Gasteiger partial charge in [-0.1, -0.05) is 25.5 Å². The second kappa shape index (κ2) is 5.35. The van der Waals surface area contributed by atoms with E-state index in [1.54, 1.807) is 24.3 Å². The van der Waals surface area contributed by atoms with Crippen molar-refractivity contribution in [3.8, 4) is 0 Å². The highest BCUT2D eigenvalue weighted by molar-refractivity contribution is 5.97. The van der Waals surface area contributed by atoms with Crippen LogP contribution in [0.4, 0.5) is 5.69 Å². The number of hydrogen-bond acceptors (Lipinski definition) is 2. The third-order valence-corrected chi connectivity index (χ3v) is 4.14. The second-order valence-corrected chi connectivity index (χ2v) is 6.50. The fraction of sp³-hybridized carbons (Fsp3) is 0.412. The molecule has 1 aliphatic rings. The van der Waals surface area contributed by atoms with Crippen molar-refractivity contribution >= 4 is 17.5 Å². The largest absolute Gasteiger partial charge is 0.366 e. The molecule has 2 rings (SSSR count). The van der Waals surface area contributed by atoms with Gasteiger partial charge in [0.25, 0.3) is 0 Å². The number of amides is 2. The molecule has 1 saturated carbocycles. The number of primary amides is 1. The van der Waals surface area contributed by atoms with Crippen LogP contribution in [0.15, 0.2) is 35.9 Å². The van der Waals surface area contributed by atoms with Gasteiger partial charge in [-0.3, -0.25) is 9.59 Å². The summed E-state index contributed by atoms with van der Waals surface area (Å²) in [4.78, 5) is 23.4. The summed E-state index contributed by atoms with van der Waals surface area (Å²) in [6.07, 6.45) is 2.17. The maximum atomic E-state index is 12.4. The first-order valence-electron chi connectivity index (χ1n) is 7.09. The molecule has 1 aromatic carbocycles. The fourth-order valence-corrected chi connectivity index (χ4v) is 2.79. The number of rotatable bonds is 4. The van der Waals surface area contributed by atoms with Crippen molar-refractivity contribution in [2.75, 3.05) is 5.32 Å². The highest BCUT2D eigenvalue weighted by atomic mass is 16.2. The van der Waals surface area contributed by atoms with Gasteiger partial charge in [0.05, 0.1) is 5.92 Å². The van der Waals surface area contributed by atoms with Crippen LogP contribution in [-0.4, -0.2) is 11.8 Å². The number of carbonyl (C=O) groups is 2. The Bertz CT molecular complexity index is 596. The number of allylic oxidation sites excluding steroid dienone is 2. The molecule has 1 fully saturated rings. The molecular weight excluding hydrogens is 264 g/mol. The zero-order chi connectivity index (χ0) is 15.8. The minimum atomic E-state index is -0.472. The molecule has 0 saturated heterocycles. The lowest BCUT2D eigenvalue weighted by Gasteiger charge is -2.06. The lowest BCUT2D eigenvalue weighted by atomic mass is 10.1. The standard InChI is InChI=1S/C17H22N2O2/c1-10(2)9-13-14(17(13,3)4)16(21)19-12-7-5-11(6-8-12)15(18)20/h5-9,13-14H,1-4H3,(H2,18,20)(H,19,21). The Morgan fingerprint density at radius 1 is 1.19 bits per heavy atom. The van der Waals surface area contributed by atoms with Crippen LogP contribution >= 0.6 is 0 Å². The number of nitrogens with two attached hydrogens (primary N) is 1. The highest BCUT2D eigenvalue weighted by Gasteiger charge is 2.60. The number of nitrogens with one attached hydrogen (secondary N) is 1. The van der Waals surface area contributed by atoms with Crippen molar-refractivity contribution in [1.82, 2.24) is 0 Å². The number of hydrogen-bond donors (Lipinski definition) is 2. The summed E-state index contributed by atoms with van der Waals surface area (Å²) in [5.41, 5.74) is 7.53. The van der Waals surface area contributed by atoms with Crippen LogP contribution in [0.3, 0.4) is 0 Å². The quantitative estimate of drug-likeness (QED) is 0.835. The van der Waals surface area contributed by atoms with E-state index in [9.17, 15) is 9.59 Å². The molecule has 21 heavy (non-hydrogen) atoms. The molecule has 1 aromatic rings. The molecule has 0 aromatic heterocycles. The van der Waals surface area contributed by atoms with Gasteiger partial charge in [0.2, 0.25) is 11.8 Å². The Balaban J connectivity index is 2.05. The minimum Gasteiger partial charge on any atom is -0.366 e. The van der Waals surface area contributed by atoms with Gasteiger partial charge in [-0.2, -0.15) is 0 Å². The molecule has 0 radical (unpaired) electrons. The number of carbonyl (C=O) groups excluding carboxylic acids is 2. The Morgan fingerprint density at radius 2 is 1.76 bits per heavy atom. The first kappa shape index (κ1) is 15.3. The Labute approximate surface area is 125 Å². The highest BCUT2D eigenvalue weighted by Crippen LogP contribution is 2.59. The van der Waals surface area contributed by atoms with Gasteiger partial charge < -0.3 is 11.1 Å². The third-order valence-electron chi connectivity index (χ3n) is 4.14. The van der Waals surface area contributed by atoms with Crippen LogP contribution in [0.1, 0.15) is 38.1 Å². The van der Waals surface area contributed by atoms with Gasteiger partial charge in [-0.25, -0.2) is 0 Å². The van der Waals surface area contributed by atoms with Crippen LogP contribution in [0.5, 0.6) is 0 Å². The molecule has 4 heteroatoms. The first-order valence-corrected chi connectivity index (χ1v) is 7.09. The number of benzene rings is 1. The van der Waals surface area contributed by atoms with Crippen molar-refractivity contribution in [3.05, 3.63) is 41.5 Å². The van der Waals surface area contributed by atoms with Gasteiger partial charge in [0.1, 0.15) is 0 Å². The van der Waals surface area contributed by atoms with Gasteiger partial charge in [-0.05, 0) is 49.4 Å². The molecule has 3 N–H and O–H groups in total. The van der Waals surface area contributed by atoms with E-state index in [1.807, 2.05) is 13.8 Å². The lowest BCUT2D eigenvalue weighted by Crippen LogP contribution is -2.17. The van der Waals surface area contributed by atoms with E-state index in [2.05, 4.69) is 25.2 Å². The lowest BCUT2D eigenvalue weighted by molar-refractivity contribution is -0.118. The van der Waals surface area contributed by atoms with E-state index >= 15 is 0 Å². The molecule has 112 valence electrons.